The van der Waals surface area contributed by atoms with Gasteiger partial charge in [0.2, 0.25) is 11.8 Å². The molecular weight excluding hydrogens is 406 g/mol. The van der Waals surface area contributed by atoms with Gasteiger partial charge in [-0.3, -0.25) is 14.5 Å². The van der Waals surface area contributed by atoms with Crippen molar-refractivity contribution in [1.29, 1.82) is 0 Å². The van der Waals surface area contributed by atoms with E-state index in [4.69, 9.17) is 11.6 Å². The van der Waals surface area contributed by atoms with E-state index in [-0.39, 0.29) is 24.3 Å². The van der Waals surface area contributed by atoms with Gasteiger partial charge in [0.15, 0.2) is 0 Å². The van der Waals surface area contributed by atoms with E-state index in [1.165, 1.54) is 17.3 Å². The number of halogens is 1. The Bertz CT molecular complexity index is 858. The molecule has 0 saturated heterocycles. The van der Waals surface area contributed by atoms with Gasteiger partial charge in [0, 0.05) is 22.9 Å². The van der Waals surface area contributed by atoms with Crippen molar-refractivity contribution < 1.29 is 9.59 Å². The van der Waals surface area contributed by atoms with Gasteiger partial charge < -0.3 is 10.6 Å². The molecule has 0 saturated carbocycles. The van der Waals surface area contributed by atoms with E-state index in [1.54, 1.807) is 12.1 Å². The highest BCUT2D eigenvalue weighted by Crippen LogP contribution is 2.38. The number of nitrogens with one attached hydrogen (secondary N) is 2. The van der Waals surface area contributed by atoms with Crippen LogP contribution < -0.4 is 10.6 Å². The first kappa shape index (κ1) is 21.7. The van der Waals surface area contributed by atoms with Crippen LogP contribution in [0.2, 0.25) is 5.02 Å². The summed E-state index contributed by atoms with van der Waals surface area (Å²) in [4.78, 5) is 28.3. The van der Waals surface area contributed by atoms with Gasteiger partial charge in [0.05, 0.1) is 17.0 Å². The summed E-state index contributed by atoms with van der Waals surface area (Å²) in [5.74, 6) is -0.286. The van der Waals surface area contributed by atoms with Crippen LogP contribution in [0.25, 0.3) is 0 Å². The summed E-state index contributed by atoms with van der Waals surface area (Å²) < 4.78 is 0. The fourth-order valence-electron chi connectivity index (χ4n) is 3.51. The number of rotatable bonds is 8. The molecule has 0 radical (unpaired) electrons. The van der Waals surface area contributed by atoms with Crippen molar-refractivity contribution in [1.82, 2.24) is 10.2 Å². The zero-order valence-corrected chi connectivity index (χ0v) is 18.2. The topological polar surface area (TPSA) is 61.4 Å². The molecule has 2 aromatic carbocycles. The second-order valence-electron chi connectivity index (χ2n) is 6.89. The number of carbonyl (C=O) groups is 2. The highest BCUT2D eigenvalue weighted by atomic mass is 35.5. The highest BCUT2D eigenvalue weighted by molar-refractivity contribution is 8.01. The molecule has 29 heavy (non-hydrogen) atoms. The third-order valence-corrected chi connectivity index (χ3v) is 6.57. The van der Waals surface area contributed by atoms with Gasteiger partial charge in [0.1, 0.15) is 0 Å². The van der Waals surface area contributed by atoms with Gasteiger partial charge in [-0.25, -0.2) is 0 Å². The van der Waals surface area contributed by atoms with Crippen molar-refractivity contribution in [2.75, 3.05) is 25.0 Å². The van der Waals surface area contributed by atoms with Gasteiger partial charge in [-0.05, 0) is 36.9 Å². The molecule has 0 aromatic heterocycles. The SMILES string of the molecule is CCN(CC)C(CNC(=O)CC1Sc2ccc(Cl)cc2NC1=O)c1ccccc1. The molecule has 154 valence electrons. The van der Waals surface area contributed by atoms with Crippen LogP contribution in [0.4, 0.5) is 5.69 Å². The minimum Gasteiger partial charge on any atom is -0.354 e. The van der Waals surface area contributed by atoms with E-state index < -0.39 is 5.25 Å². The third-order valence-electron chi connectivity index (χ3n) is 5.06. The molecule has 3 rings (SSSR count). The number of fused-ring (bicyclic) bond motifs is 1. The number of benzene rings is 2. The molecule has 5 nitrogen and oxygen atoms in total. The second-order valence-corrected chi connectivity index (χ2v) is 8.57. The monoisotopic (exact) mass is 431 g/mol. The Labute approximate surface area is 181 Å². The average molecular weight is 432 g/mol. The number of likely N-dealkylation sites (N-methyl/N-ethyl adjacent to an activating group) is 1. The fourth-order valence-corrected chi connectivity index (χ4v) is 4.77. The Morgan fingerprint density at radius 1 is 1.21 bits per heavy atom. The largest absolute Gasteiger partial charge is 0.354 e. The lowest BCUT2D eigenvalue weighted by atomic mass is 10.0. The van der Waals surface area contributed by atoms with Gasteiger partial charge >= 0.3 is 0 Å². The summed E-state index contributed by atoms with van der Waals surface area (Å²) in [6, 6.07) is 15.7. The van der Waals surface area contributed by atoms with E-state index in [1.807, 2.05) is 24.3 Å². The van der Waals surface area contributed by atoms with Crippen molar-refractivity contribution >= 4 is 40.9 Å². The Balaban J connectivity index is 1.62. The maximum Gasteiger partial charge on any atom is 0.238 e. The van der Waals surface area contributed by atoms with E-state index in [0.29, 0.717) is 17.3 Å². The van der Waals surface area contributed by atoms with Crippen LogP contribution in [0.15, 0.2) is 53.4 Å². The van der Waals surface area contributed by atoms with Crippen LogP contribution in [0.3, 0.4) is 0 Å². The maximum absolute atomic E-state index is 12.6. The van der Waals surface area contributed by atoms with Crippen LogP contribution in [0.5, 0.6) is 0 Å². The predicted molar refractivity (Wildman–Crippen MR) is 119 cm³/mol. The van der Waals surface area contributed by atoms with Crippen molar-refractivity contribution in [3.8, 4) is 0 Å². The first-order valence-electron chi connectivity index (χ1n) is 9.84. The molecule has 1 aliphatic heterocycles. The number of amides is 2. The van der Waals surface area contributed by atoms with Gasteiger partial charge in [0.25, 0.3) is 0 Å². The third kappa shape index (κ3) is 5.53. The zero-order valence-electron chi connectivity index (χ0n) is 16.7. The second kappa shape index (κ2) is 10.1. The van der Waals surface area contributed by atoms with Crippen LogP contribution >= 0.6 is 23.4 Å². The molecular formula is C22H26ClN3O2S. The van der Waals surface area contributed by atoms with Crippen LogP contribution in [-0.4, -0.2) is 41.6 Å². The summed E-state index contributed by atoms with van der Waals surface area (Å²) in [6.07, 6.45) is 0.137. The molecule has 2 amide bonds. The van der Waals surface area contributed by atoms with Crippen LogP contribution in [0, 0.1) is 0 Å². The molecule has 2 unspecified atom stereocenters. The van der Waals surface area contributed by atoms with Gasteiger partial charge in [-0.15, -0.1) is 11.8 Å². The first-order chi connectivity index (χ1) is 14.0. The first-order valence-corrected chi connectivity index (χ1v) is 11.1. The standard InChI is InChI=1S/C22H26ClN3O2S/c1-3-26(4-2)18(15-8-6-5-7-9-15)14-24-21(27)13-20-22(28)25-17-12-16(23)10-11-19(17)29-20/h5-12,18,20H,3-4,13-14H2,1-2H3,(H,24,27)(H,25,28). The number of thioether (sulfide) groups is 1. The molecule has 0 spiro atoms. The Kier molecular flexibility index (Phi) is 7.58. The minimum absolute atomic E-state index is 0.103. The minimum atomic E-state index is -0.452. The number of anilines is 1. The van der Waals surface area contributed by atoms with E-state index in [9.17, 15) is 9.59 Å². The van der Waals surface area contributed by atoms with Crippen LogP contribution in [-0.2, 0) is 9.59 Å². The molecule has 1 heterocycles. The number of carbonyl (C=O) groups excluding carboxylic acids is 2. The van der Waals surface area contributed by atoms with Crippen molar-refractivity contribution in [3.05, 3.63) is 59.1 Å². The van der Waals surface area contributed by atoms with Crippen molar-refractivity contribution in [3.63, 3.8) is 0 Å². The molecule has 0 bridgehead atoms. The molecule has 2 atom stereocenters. The summed E-state index contributed by atoms with van der Waals surface area (Å²) >= 11 is 7.39. The molecule has 2 aromatic rings. The lowest BCUT2D eigenvalue weighted by Crippen LogP contribution is -2.40. The lowest BCUT2D eigenvalue weighted by molar-refractivity contribution is -0.124. The van der Waals surface area contributed by atoms with E-state index in [0.717, 1.165) is 18.0 Å². The fraction of sp³-hybridized carbons (Fsp3) is 0.364. The smallest absolute Gasteiger partial charge is 0.238 e. The van der Waals surface area contributed by atoms with E-state index >= 15 is 0 Å². The Hall–Kier alpha value is -2.02. The molecule has 2 N–H and O–H groups in total. The van der Waals surface area contributed by atoms with Crippen molar-refractivity contribution in [2.24, 2.45) is 0 Å². The van der Waals surface area contributed by atoms with Crippen molar-refractivity contribution in [2.45, 2.75) is 36.5 Å². The predicted octanol–water partition coefficient (Wildman–Crippen LogP) is 4.34. The number of hydrogen-bond acceptors (Lipinski definition) is 4. The molecule has 0 fully saturated rings. The quantitative estimate of drug-likeness (QED) is 0.652. The maximum atomic E-state index is 12.6. The van der Waals surface area contributed by atoms with E-state index in [2.05, 4.69) is 41.5 Å². The summed E-state index contributed by atoms with van der Waals surface area (Å²) in [6.45, 7) is 6.54. The lowest BCUT2D eigenvalue weighted by Gasteiger charge is -2.30. The van der Waals surface area contributed by atoms with Crippen LogP contribution in [0.1, 0.15) is 31.9 Å². The normalized spacial score (nSPS) is 16.8. The summed E-state index contributed by atoms with van der Waals surface area (Å²) in [5, 5.41) is 6.01. The number of hydrogen-bond donors (Lipinski definition) is 2. The highest BCUT2D eigenvalue weighted by Gasteiger charge is 2.29. The van der Waals surface area contributed by atoms with Gasteiger partial charge in [-0.2, -0.15) is 0 Å². The Morgan fingerprint density at radius 3 is 2.62 bits per heavy atom. The average Bonchev–Trinajstić information content (AvgIpc) is 2.72. The summed E-state index contributed by atoms with van der Waals surface area (Å²) in [5.41, 5.74) is 1.88. The zero-order chi connectivity index (χ0) is 20.8. The molecule has 0 aliphatic carbocycles. The Morgan fingerprint density at radius 2 is 1.93 bits per heavy atom. The summed E-state index contributed by atoms with van der Waals surface area (Å²) in [7, 11) is 0. The number of nitrogens with zero attached hydrogens (tertiary/aromatic N) is 1. The van der Waals surface area contributed by atoms with Gasteiger partial charge in [-0.1, -0.05) is 55.8 Å². The molecule has 7 heteroatoms. The molecule has 1 aliphatic rings.